The first kappa shape index (κ1) is 17.3. The maximum Gasteiger partial charge on any atom is 0.238 e. The van der Waals surface area contributed by atoms with Crippen LogP contribution in [0, 0.1) is 11.3 Å². The predicted molar refractivity (Wildman–Crippen MR) is 92.6 cm³/mol. The van der Waals surface area contributed by atoms with E-state index in [-0.39, 0.29) is 12.5 Å². The van der Waals surface area contributed by atoms with Crippen molar-refractivity contribution in [2.45, 2.75) is 6.54 Å². The molecule has 0 heterocycles. The highest BCUT2D eigenvalue weighted by Crippen LogP contribution is 2.24. The third-order valence-electron chi connectivity index (χ3n) is 3.15. The average Bonchev–Trinajstić information content (AvgIpc) is 2.51. The summed E-state index contributed by atoms with van der Waals surface area (Å²) < 4.78 is 0. The van der Waals surface area contributed by atoms with Gasteiger partial charge in [0.05, 0.1) is 28.2 Å². The normalized spacial score (nSPS) is 10.4. The summed E-state index contributed by atoms with van der Waals surface area (Å²) in [5, 5.41) is 12.4. The molecule has 0 bridgehead atoms. The molecule has 0 saturated heterocycles. The second-order valence-electron chi connectivity index (χ2n) is 5.16. The smallest absolute Gasteiger partial charge is 0.238 e. The minimum Gasteiger partial charge on any atom is -0.325 e. The van der Waals surface area contributed by atoms with Crippen LogP contribution in [0.2, 0.25) is 10.0 Å². The fourth-order valence-corrected chi connectivity index (χ4v) is 2.37. The van der Waals surface area contributed by atoms with Crippen LogP contribution in [-0.4, -0.2) is 24.4 Å². The van der Waals surface area contributed by atoms with Crippen LogP contribution < -0.4 is 5.32 Å². The molecule has 0 aromatic heterocycles. The van der Waals surface area contributed by atoms with Gasteiger partial charge in [0.25, 0.3) is 0 Å². The molecule has 0 atom stereocenters. The maximum absolute atomic E-state index is 12.0. The monoisotopic (exact) mass is 347 g/mol. The first-order valence-corrected chi connectivity index (χ1v) is 7.66. The molecule has 0 radical (unpaired) electrons. The first-order chi connectivity index (χ1) is 11.0. The predicted octanol–water partition coefficient (Wildman–Crippen LogP) is 3.94. The lowest BCUT2D eigenvalue weighted by Crippen LogP contribution is -2.29. The van der Waals surface area contributed by atoms with Gasteiger partial charge in [0.1, 0.15) is 0 Å². The van der Waals surface area contributed by atoms with Gasteiger partial charge in [-0.3, -0.25) is 9.69 Å². The highest BCUT2D eigenvalue weighted by Gasteiger charge is 2.09. The van der Waals surface area contributed by atoms with Crippen molar-refractivity contribution in [1.82, 2.24) is 4.90 Å². The van der Waals surface area contributed by atoms with Crippen LogP contribution in [0.4, 0.5) is 5.69 Å². The highest BCUT2D eigenvalue weighted by atomic mass is 35.5. The third-order valence-corrected chi connectivity index (χ3v) is 3.89. The van der Waals surface area contributed by atoms with Gasteiger partial charge in [-0.05, 0) is 42.9 Å². The molecule has 0 aliphatic heterocycles. The largest absolute Gasteiger partial charge is 0.325 e. The molecule has 118 valence electrons. The van der Waals surface area contributed by atoms with Gasteiger partial charge in [0.15, 0.2) is 0 Å². The van der Waals surface area contributed by atoms with E-state index >= 15 is 0 Å². The molecular weight excluding hydrogens is 333 g/mol. The Kier molecular flexibility index (Phi) is 6.00. The zero-order chi connectivity index (χ0) is 16.8. The Morgan fingerprint density at radius 2 is 1.87 bits per heavy atom. The minimum absolute atomic E-state index is 0.139. The van der Waals surface area contributed by atoms with Crippen molar-refractivity contribution < 1.29 is 4.79 Å². The maximum atomic E-state index is 12.0. The lowest BCUT2D eigenvalue weighted by molar-refractivity contribution is -0.117. The molecule has 0 saturated carbocycles. The van der Waals surface area contributed by atoms with Crippen LogP contribution in [-0.2, 0) is 11.3 Å². The van der Waals surface area contributed by atoms with E-state index in [4.69, 9.17) is 28.5 Å². The summed E-state index contributed by atoms with van der Waals surface area (Å²) in [5.74, 6) is -0.139. The van der Waals surface area contributed by atoms with E-state index in [1.54, 1.807) is 30.3 Å². The molecule has 0 aliphatic carbocycles. The van der Waals surface area contributed by atoms with Crippen LogP contribution >= 0.6 is 23.2 Å². The Morgan fingerprint density at radius 1 is 1.17 bits per heavy atom. The van der Waals surface area contributed by atoms with E-state index in [0.29, 0.717) is 27.8 Å². The van der Waals surface area contributed by atoms with Crippen LogP contribution in [0.5, 0.6) is 0 Å². The number of nitrogens with one attached hydrogen (secondary N) is 1. The third kappa shape index (κ3) is 5.26. The number of hydrogen-bond acceptors (Lipinski definition) is 3. The van der Waals surface area contributed by atoms with Crippen molar-refractivity contribution in [1.29, 1.82) is 5.26 Å². The number of amides is 1. The number of benzene rings is 2. The van der Waals surface area contributed by atoms with Crippen LogP contribution in [0.1, 0.15) is 11.1 Å². The fourth-order valence-electron chi connectivity index (χ4n) is 2.07. The van der Waals surface area contributed by atoms with Crippen molar-refractivity contribution >= 4 is 34.8 Å². The number of halogens is 2. The number of nitrogens with zero attached hydrogens (tertiary/aromatic N) is 2. The lowest BCUT2D eigenvalue weighted by Gasteiger charge is -2.16. The number of hydrogen-bond donors (Lipinski definition) is 1. The van der Waals surface area contributed by atoms with Crippen molar-refractivity contribution in [3.8, 4) is 6.07 Å². The second kappa shape index (κ2) is 7.98. The SMILES string of the molecule is CN(CC(=O)Nc1ccc(Cl)c(Cl)c1)Cc1ccc(C#N)cc1. The summed E-state index contributed by atoms with van der Waals surface area (Å²) in [6.45, 7) is 0.848. The molecule has 6 heteroatoms. The number of rotatable bonds is 5. The zero-order valence-corrected chi connectivity index (χ0v) is 14.0. The summed E-state index contributed by atoms with van der Waals surface area (Å²) in [4.78, 5) is 13.9. The van der Waals surface area contributed by atoms with Gasteiger partial charge in [0.2, 0.25) is 5.91 Å². The van der Waals surface area contributed by atoms with Crippen LogP contribution in [0.25, 0.3) is 0 Å². The second-order valence-corrected chi connectivity index (χ2v) is 5.97. The Hall–Kier alpha value is -2.06. The Bertz CT molecular complexity index is 738. The summed E-state index contributed by atoms with van der Waals surface area (Å²) in [6.07, 6.45) is 0. The van der Waals surface area contributed by atoms with Gasteiger partial charge in [-0.15, -0.1) is 0 Å². The van der Waals surface area contributed by atoms with Crippen molar-refractivity contribution in [2.24, 2.45) is 0 Å². The van der Waals surface area contributed by atoms with E-state index in [1.807, 2.05) is 24.1 Å². The van der Waals surface area contributed by atoms with E-state index in [0.717, 1.165) is 5.56 Å². The van der Waals surface area contributed by atoms with Crippen molar-refractivity contribution in [3.05, 3.63) is 63.6 Å². The summed E-state index contributed by atoms with van der Waals surface area (Å²) >= 11 is 11.8. The molecule has 4 nitrogen and oxygen atoms in total. The molecule has 2 aromatic rings. The number of carbonyl (C=O) groups excluding carboxylic acids is 1. The molecule has 0 aliphatic rings. The molecule has 23 heavy (non-hydrogen) atoms. The Labute approximate surface area is 145 Å². The molecule has 0 spiro atoms. The number of carbonyl (C=O) groups is 1. The van der Waals surface area contributed by atoms with E-state index in [1.165, 1.54) is 0 Å². The van der Waals surface area contributed by atoms with Crippen LogP contribution in [0.3, 0.4) is 0 Å². The number of anilines is 1. The average molecular weight is 348 g/mol. The topological polar surface area (TPSA) is 56.1 Å². The standard InChI is InChI=1S/C17H15Cl2N3O/c1-22(10-13-4-2-12(9-20)3-5-13)11-17(23)21-14-6-7-15(18)16(19)8-14/h2-8H,10-11H2,1H3,(H,21,23). The fraction of sp³-hybridized carbons (Fsp3) is 0.176. The molecule has 0 unspecified atom stereocenters. The van der Waals surface area contributed by atoms with Gasteiger partial charge in [-0.2, -0.15) is 5.26 Å². The number of nitriles is 1. The van der Waals surface area contributed by atoms with Gasteiger partial charge in [-0.25, -0.2) is 0 Å². The van der Waals surface area contributed by atoms with Crippen molar-refractivity contribution in [2.75, 3.05) is 18.9 Å². The Balaban J connectivity index is 1.88. The Morgan fingerprint density at radius 3 is 2.48 bits per heavy atom. The van der Waals surface area contributed by atoms with Gasteiger partial charge >= 0.3 is 0 Å². The minimum atomic E-state index is -0.139. The number of likely N-dealkylation sites (N-methyl/N-ethyl adjacent to an activating group) is 1. The van der Waals surface area contributed by atoms with Crippen LogP contribution in [0.15, 0.2) is 42.5 Å². The van der Waals surface area contributed by atoms with Crippen molar-refractivity contribution in [3.63, 3.8) is 0 Å². The van der Waals surface area contributed by atoms with Gasteiger partial charge in [-0.1, -0.05) is 35.3 Å². The summed E-state index contributed by atoms with van der Waals surface area (Å²) in [6, 6.07) is 14.3. The molecule has 1 amide bonds. The molecule has 1 N–H and O–H groups in total. The molecule has 0 fully saturated rings. The van der Waals surface area contributed by atoms with Gasteiger partial charge < -0.3 is 5.32 Å². The van der Waals surface area contributed by atoms with E-state index in [9.17, 15) is 4.79 Å². The summed E-state index contributed by atoms with van der Waals surface area (Å²) in [5.41, 5.74) is 2.26. The molecular formula is C17H15Cl2N3O. The quantitative estimate of drug-likeness (QED) is 0.891. The lowest BCUT2D eigenvalue weighted by atomic mass is 10.1. The van der Waals surface area contributed by atoms with E-state index < -0.39 is 0 Å². The zero-order valence-electron chi connectivity index (χ0n) is 12.5. The highest BCUT2D eigenvalue weighted by molar-refractivity contribution is 6.42. The molecule has 2 aromatic carbocycles. The van der Waals surface area contributed by atoms with E-state index in [2.05, 4.69) is 11.4 Å². The van der Waals surface area contributed by atoms with Gasteiger partial charge in [0, 0.05) is 12.2 Å². The molecule has 2 rings (SSSR count). The first-order valence-electron chi connectivity index (χ1n) is 6.90. The summed E-state index contributed by atoms with van der Waals surface area (Å²) in [7, 11) is 1.85.